The molecule has 2 atom stereocenters. The highest BCUT2D eigenvalue weighted by Gasteiger charge is 2.43. The van der Waals surface area contributed by atoms with Crippen LogP contribution in [0.25, 0.3) is 11.3 Å². The first-order valence-corrected chi connectivity index (χ1v) is 20.1. The number of carbonyl (C=O) groups excluding carboxylic acids is 4. The molecule has 0 bridgehead atoms. The third-order valence-corrected chi connectivity index (χ3v) is 12.8. The molecule has 0 radical (unpaired) electrons. The van der Waals surface area contributed by atoms with Crippen molar-refractivity contribution in [3.05, 3.63) is 59.4 Å². The zero-order valence-electron chi connectivity index (χ0n) is 32.4. The van der Waals surface area contributed by atoms with Crippen LogP contribution in [-0.4, -0.2) is 142 Å². The normalized spacial score (nSPS) is 23.8. The van der Waals surface area contributed by atoms with Crippen LogP contribution in [0.1, 0.15) is 55.5 Å². The fourth-order valence-electron chi connectivity index (χ4n) is 9.73. The molecule has 0 unspecified atom stereocenters. The summed E-state index contributed by atoms with van der Waals surface area (Å²) in [7, 11) is 0. The smallest absolute Gasteiger partial charge is 0.320 e. The van der Waals surface area contributed by atoms with Crippen molar-refractivity contribution >= 4 is 40.9 Å². The van der Waals surface area contributed by atoms with Gasteiger partial charge in [-0.3, -0.25) is 24.6 Å². The van der Waals surface area contributed by atoms with Gasteiger partial charge in [-0.2, -0.15) is 0 Å². The van der Waals surface area contributed by atoms with E-state index in [9.17, 15) is 28.7 Å². The average molecular weight is 781 g/mol. The zero-order chi connectivity index (χ0) is 39.6. The van der Waals surface area contributed by atoms with Crippen LogP contribution in [0.5, 0.6) is 5.75 Å². The van der Waals surface area contributed by atoms with Crippen molar-refractivity contribution in [2.75, 3.05) is 80.6 Å². The first-order chi connectivity index (χ1) is 27.4. The van der Waals surface area contributed by atoms with Gasteiger partial charge in [-0.25, -0.2) is 9.18 Å². The van der Waals surface area contributed by atoms with Gasteiger partial charge in [-0.15, -0.1) is 10.2 Å². The van der Waals surface area contributed by atoms with Crippen molar-refractivity contribution in [3.8, 4) is 17.0 Å². The van der Waals surface area contributed by atoms with E-state index in [0.717, 1.165) is 62.5 Å². The van der Waals surface area contributed by atoms with E-state index in [1.807, 2.05) is 28.0 Å². The standard InChI is InChI=1S/C41H49FN10O5/c1-41(2)24-47(21-25-10-12-48(13-11-25)27-7-6-26-22-51(39(56)30(26)18-27)33-8-9-35(53)44-38(33)55)14-17-52(41)40(57)49-15-16-50-28(23-49)20-43-37-34(50)19-32(45-46-37)29-4-3-5-31(42)36(29)54/h3-7,18-19,25,28,33,54H,8-17,20-24H2,1-2H3,(H,43,46)(H,44,53,55)/t28-,33-/m0/s1. The molecule has 3 aromatic rings. The van der Waals surface area contributed by atoms with Crippen LogP contribution < -0.4 is 20.4 Å². The second-order valence-corrected chi connectivity index (χ2v) is 16.9. The largest absolute Gasteiger partial charge is 0.504 e. The van der Waals surface area contributed by atoms with Crippen LogP contribution in [0.4, 0.5) is 26.4 Å². The van der Waals surface area contributed by atoms with E-state index in [4.69, 9.17) is 0 Å². The quantitative estimate of drug-likeness (QED) is 0.327. The Morgan fingerprint density at radius 2 is 1.77 bits per heavy atom. The summed E-state index contributed by atoms with van der Waals surface area (Å²) in [5, 5.41) is 24.6. The number of hydrogen-bond donors (Lipinski definition) is 3. The Balaban J connectivity index is 0.771. The summed E-state index contributed by atoms with van der Waals surface area (Å²) in [5.41, 5.74) is 3.73. The summed E-state index contributed by atoms with van der Waals surface area (Å²) in [6, 6.07) is 11.7. The Morgan fingerprint density at radius 1 is 0.947 bits per heavy atom. The molecule has 9 rings (SSSR count). The summed E-state index contributed by atoms with van der Waals surface area (Å²) in [6.45, 7) is 12.1. The molecular formula is C41H49FN10O5. The number of anilines is 3. The number of fused-ring (bicyclic) bond motifs is 4. The summed E-state index contributed by atoms with van der Waals surface area (Å²) >= 11 is 0. The van der Waals surface area contributed by atoms with E-state index < -0.39 is 23.5 Å². The Bertz CT molecular complexity index is 2120. The number of phenols is 1. The number of hydrogen-bond acceptors (Lipinski definition) is 11. The van der Waals surface area contributed by atoms with E-state index in [1.165, 1.54) is 12.1 Å². The van der Waals surface area contributed by atoms with Crippen molar-refractivity contribution in [1.29, 1.82) is 0 Å². The van der Waals surface area contributed by atoms with Gasteiger partial charge in [0, 0.05) is 95.2 Å². The van der Waals surface area contributed by atoms with Crippen molar-refractivity contribution in [3.63, 3.8) is 0 Å². The van der Waals surface area contributed by atoms with Crippen LogP contribution in [0, 0.1) is 11.7 Å². The molecule has 2 aromatic carbocycles. The number of nitrogens with one attached hydrogen (secondary N) is 2. The van der Waals surface area contributed by atoms with Gasteiger partial charge < -0.3 is 34.9 Å². The number of urea groups is 1. The van der Waals surface area contributed by atoms with Crippen LogP contribution in [-0.2, 0) is 16.1 Å². The molecule has 300 valence electrons. The monoisotopic (exact) mass is 780 g/mol. The molecule has 0 spiro atoms. The lowest BCUT2D eigenvalue weighted by Crippen LogP contribution is -2.67. The van der Waals surface area contributed by atoms with Gasteiger partial charge in [0.25, 0.3) is 5.91 Å². The third-order valence-electron chi connectivity index (χ3n) is 12.8. The summed E-state index contributed by atoms with van der Waals surface area (Å²) < 4.78 is 14.1. The lowest BCUT2D eigenvalue weighted by atomic mass is 9.93. The van der Waals surface area contributed by atoms with Gasteiger partial charge in [0.1, 0.15) is 6.04 Å². The first kappa shape index (κ1) is 37.1. The van der Waals surface area contributed by atoms with Gasteiger partial charge >= 0.3 is 6.03 Å². The Kier molecular flexibility index (Phi) is 9.41. The predicted molar refractivity (Wildman–Crippen MR) is 210 cm³/mol. The molecule has 7 heterocycles. The number of benzene rings is 2. The van der Waals surface area contributed by atoms with E-state index in [1.54, 1.807) is 11.0 Å². The number of amides is 5. The highest BCUT2D eigenvalue weighted by molar-refractivity contribution is 6.05. The molecule has 1 aromatic heterocycles. The second-order valence-electron chi connectivity index (χ2n) is 16.9. The van der Waals surface area contributed by atoms with Crippen LogP contribution in [0.3, 0.4) is 0 Å². The molecule has 4 fully saturated rings. The predicted octanol–water partition coefficient (Wildman–Crippen LogP) is 3.10. The minimum Gasteiger partial charge on any atom is -0.504 e. The van der Waals surface area contributed by atoms with Crippen molar-refractivity contribution in [1.82, 2.24) is 35.1 Å². The molecule has 6 aliphatic rings. The van der Waals surface area contributed by atoms with Crippen molar-refractivity contribution in [2.45, 2.75) is 63.7 Å². The van der Waals surface area contributed by atoms with Crippen molar-refractivity contribution < 1.29 is 28.7 Å². The molecule has 0 aliphatic carbocycles. The molecule has 4 saturated heterocycles. The summed E-state index contributed by atoms with van der Waals surface area (Å²) in [6.07, 6.45) is 2.66. The molecule has 3 N–H and O–H groups in total. The van der Waals surface area contributed by atoms with E-state index in [2.05, 4.69) is 55.4 Å². The van der Waals surface area contributed by atoms with Crippen LogP contribution in [0.2, 0.25) is 0 Å². The van der Waals surface area contributed by atoms with Gasteiger partial charge in [0.15, 0.2) is 17.4 Å². The lowest BCUT2D eigenvalue weighted by molar-refractivity contribution is -0.136. The molecule has 16 heteroatoms. The van der Waals surface area contributed by atoms with Crippen LogP contribution >= 0.6 is 0 Å². The third kappa shape index (κ3) is 6.87. The maximum atomic E-state index is 14.1. The van der Waals surface area contributed by atoms with Gasteiger partial charge in [0.2, 0.25) is 11.8 Å². The number of phenolic OH excluding ortho intramolecular Hbond substituents is 1. The van der Waals surface area contributed by atoms with Gasteiger partial charge in [0.05, 0.1) is 23.0 Å². The number of aromatic hydroxyl groups is 1. The number of para-hydroxylation sites is 1. The zero-order valence-corrected chi connectivity index (χ0v) is 32.4. The average Bonchev–Trinajstić information content (AvgIpc) is 3.53. The van der Waals surface area contributed by atoms with Gasteiger partial charge in [-0.1, -0.05) is 12.1 Å². The highest BCUT2D eigenvalue weighted by Crippen LogP contribution is 2.38. The highest BCUT2D eigenvalue weighted by atomic mass is 19.1. The maximum Gasteiger partial charge on any atom is 0.320 e. The molecule has 15 nitrogen and oxygen atoms in total. The number of piperazine rings is 2. The summed E-state index contributed by atoms with van der Waals surface area (Å²) in [5.74, 6) is -0.832. The molecule has 57 heavy (non-hydrogen) atoms. The molecule has 0 saturated carbocycles. The molecular weight excluding hydrogens is 732 g/mol. The summed E-state index contributed by atoms with van der Waals surface area (Å²) in [4.78, 5) is 64.3. The minimum atomic E-state index is -0.712. The second kappa shape index (κ2) is 14.5. The van der Waals surface area contributed by atoms with E-state index in [0.29, 0.717) is 68.7 Å². The lowest BCUT2D eigenvalue weighted by Gasteiger charge is -2.51. The fraction of sp³-hybridized carbons (Fsp3) is 0.512. The number of rotatable bonds is 5. The Morgan fingerprint density at radius 3 is 2.56 bits per heavy atom. The van der Waals surface area contributed by atoms with Crippen molar-refractivity contribution in [2.24, 2.45) is 5.92 Å². The number of nitrogens with zero attached hydrogens (tertiary/aromatic N) is 8. The molecule has 6 aliphatic heterocycles. The minimum absolute atomic E-state index is 0.0217. The van der Waals surface area contributed by atoms with Crippen LogP contribution in [0.15, 0.2) is 42.5 Å². The Labute approximate surface area is 330 Å². The Hall–Kier alpha value is -5.51. The number of piperidine rings is 2. The van der Waals surface area contributed by atoms with Gasteiger partial charge in [-0.05, 0) is 74.9 Å². The van der Waals surface area contributed by atoms with E-state index in [-0.39, 0.29) is 41.4 Å². The number of aromatic nitrogens is 2. The number of halogens is 1. The SMILES string of the molecule is CC1(C)CN(CC2CCN(c3ccc4c(c3)C(=O)N([C@H]3CCC(=O)NC3=O)C4)CC2)CCN1C(=O)N1CCN2c3cc(-c4cccc(F)c4O)nnc3NC[C@H]2C1. The fourth-order valence-corrected chi connectivity index (χ4v) is 9.73. The topological polar surface area (TPSA) is 158 Å². The number of carbonyl (C=O) groups is 4. The number of imide groups is 1. The maximum absolute atomic E-state index is 14.1. The molecule has 5 amide bonds. The first-order valence-electron chi connectivity index (χ1n) is 20.1. The van der Waals surface area contributed by atoms with E-state index >= 15 is 0 Å².